The van der Waals surface area contributed by atoms with Crippen LogP contribution in [0.5, 0.6) is 0 Å². The molecule has 1 aliphatic heterocycles. The number of rotatable bonds is 2. The van der Waals surface area contributed by atoms with Gasteiger partial charge in [0.15, 0.2) is 0 Å². The number of hydrogen-bond acceptors (Lipinski definition) is 6. The number of halogens is 1. The highest BCUT2D eigenvalue weighted by Crippen LogP contribution is 2.36. The predicted molar refractivity (Wildman–Crippen MR) is 157 cm³/mol. The molecule has 8 nitrogen and oxygen atoms in total. The Balaban J connectivity index is 0.000000201. The quantitative estimate of drug-likeness (QED) is 0.259. The van der Waals surface area contributed by atoms with Crippen LogP contribution < -0.4 is 16.9 Å². The fourth-order valence-electron chi connectivity index (χ4n) is 3.34. The van der Waals surface area contributed by atoms with Crippen LogP contribution in [0.25, 0.3) is 11.1 Å². The molecular formula is C27H38BBrN6O2. The Kier molecular flexibility index (Phi) is 10.1. The van der Waals surface area contributed by atoms with Gasteiger partial charge >= 0.3 is 7.12 Å². The minimum absolute atomic E-state index is 0. The maximum Gasteiger partial charge on any atom is 0.498 e. The van der Waals surface area contributed by atoms with E-state index in [9.17, 15) is 0 Å². The fourth-order valence-corrected chi connectivity index (χ4v) is 3.75. The van der Waals surface area contributed by atoms with E-state index in [1.165, 1.54) is 0 Å². The predicted octanol–water partition coefficient (Wildman–Crippen LogP) is 5.06. The summed E-state index contributed by atoms with van der Waals surface area (Å²) in [6, 6.07) is 15.3. The molecule has 2 aromatic carbocycles. The number of hydrogen-bond donors (Lipinski definition) is 2. The van der Waals surface area contributed by atoms with Gasteiger partial charge in [-0.1, -0.05) is 41.6 Å². The van der Waals surface area contributed by atoms with E-state index in [2.05, 4.69) is 26.1 Å². The molecule has 0 aliphatic carbocycles. The third-order valence-electron chi connectivity index (χ3n) is 6.02. The van der Waals surface area contributed by atoms with E-state index >= 15 is 0 Å². The van der Waals surface area contributed by atoms with Crippen molar-refractivity contribution in [2.24, 2.45) is 14.1 Å². The van der Waals surface area contributed by atoms with E-state index in [1.807, 2.05) is 109 Å². The average molecular weight is 569 g/mol. The maximum absolute atomic E-state index is 5.89. The van der Waals surface area contributed by atoms with E-state index in [0.29, 0.717) is 0 Å². The summed E-state index contributed by atoms with van der Waals surface area (Å²) >= 11 is 3.28. The van der Waals surface area contributed by atoms with Crippen LogP contribution in [0, 0.1) is 0 Å². The number of aryl methyl sites for hydroxylation is 2. The summed E-state index contributed by atoms with van der Waals surface area (Å²) in [4.78, 5) is 0. The van der Waals surface area contributed by atoms with E-state index in [-0.39, 0.29) is 25.7 Å². The first-order chi connectivity index (χ1) is 16.9. The second-order valence-electron chi connectivity index (χ2n) is 9.62. The molecule has 5 rings (SSSR count). The summed E-state index contributed by atoms with van der Waals surface area (Å²) in [6.45, 7) is 8.18. The smallest absolute Gasteiger partial charge is 0.399 e. The molecule has 1 fully saturated rings. The molecule has 4 aromatic rings. The lowest BCUT2D eigenvalue weighted by Gasteiger charge is -2.32. The molecule has 0 bridgehead atoms. The van der Waals surface area contributed by atoms with E-state index in [1.54, 1.807) is 15.6 Å². The first-order valence-corrected chi connectivity index (χ1v) is 12.4. The lowest BCUT2D eigenvalue weighted by molar-refractivity contribution is 0.00578. The van der Waals surface area contributed by atoms with E-state index in [0.717, 1.165) is 32.4 Å². The van der Waals surface area contributed by atoms with E-state index in [4.69, 9.17) is 20.8 Å². The Morgan fingerprint density at radius 2 is 1.32 bits per heavy atom. The zero-order chi connectivity index (χ0) is 26.5. The van der Waals surface area contributed by atoms with Crippen molar-refractivity contribution in [1.82, 2.24) is 19.6 Å². The van der Waals surface area contributed by atoms with Crippen LogP contribution in [0.1, 0.15) is 35.1 Å². The molecule has 0 unspecified atom stereocenters. The van der Waals surface area contributed by atoms with Gasteiger partial charge in [0.1, 0.15) is 0 Å². The molecule has 37 heavy (non-hydrogen) atoms. The Labute approximate surface area is 229 Å². The summed E-state index contributed by atoms with van der Waals surface area (Å²) in [5.41, 5.74) is 15.3. The first kappa shape index (κ1) is 30.2. The molecule has 198 valence electrons. The Morgan fingerprint density at radius 1 is 0.784 bits per heavy atom. The van der Waals surface area contributed by atoms with Crippen molar-refractivity contribution in [3.05, 3.63) is 77.8 Å². The molecule has 0 atom stereocenters. The van der Waals surface area contributed by atoms with E-state index < -0.39 is 0 Å². The van der Waals surface area contributed by atoms with Gasteiger partial charge in [-0.2, -0.15) is 10.2 Å². The molecule has 0 amide bonds. The summed E-state index contributed by atoms with van der Waals surface area (Å²) in [6.07, 6.45) is 7.49. The number of nitrogen functional groups attached to an aromatic ring is 2. The van der Waals surface area contributed by atoms with Gasteiger partial charge in [0.05, 0.1) is 17.4 Å². The summed E-state index contributed by atoms with van der Waals surface area (Å²) in [5.74, 6) is 0. The highest BCUT2D eigenvalue weighted by molar-refractivity contribution is 9.10. The van der Waals surface area contributed by atoms with Crippen LogP contribution in [-0.2, 0) is 23.4 Å². The molecule has 3 heterocycles. The zero-order valence-corrected chi connectivity index (χ0v) is 23.2. The molecule has 1 aliphatic rings. The molecule has 4 N–H and O–H groups in total. The van der Waals surface area contributed by atoms with Crippen molar-refractivity contribution >= 4 is 39.9 Å². The Hall–Kier alpha value is -3.08. The molecule has 10 heteroatoms. The van der Waals surface area contributed by atoms with Gasteiger partial charge in [0.25, 0.3) is 0 Å². The first-order valence-electron chi connectivity index (χ1n) is 11.6. The lowest BCUT2D eigenvalue weighted by Crippen LogP contribution is -2.41. The molecule has 0 spiro atoms. The van der Waals surface area contributed by atoms with Crippen LogP contribution in [0.15, 0.2) is 77.8 Å². The maximum atomic E-state index is 5.89. The second-order valence-corrected chi connectivity index (χ2v) is 10.5. The van der Waals surface area contributed by atoms with Crippen LogP contribution in [0.2, 0.25) is 0 Å². The van der Waals surface area contributed by atoms with Gasteiger partial charge in [0.2, 0.25) is 0 Å². The summed E-state index contributed by atoms with van der Waals surface area (Å²) in [7, 11) is 3.48. The van der Waals surface area contributed by atoms with Crippen LogP contribution in [0.3, 0.4) is 0 Å². The molecule has 0 radical (unpaired) electrons. The number of anilines is 2. The highest BCUT2D eigenvalue weighted by Gasteiger charge is 2.52. The standard InChI is InChI=1S/C10H17BN2O2.C10H11N3.C6H6BrN.CH4/c1-9(2)10(3,4)15-11(14-9)8-6-12-13(5)7-8;1-13-7-9(6-12-13)8-3-2-4-10(11)5-8;7-5-2-1-3-6(8)4-5;/h6-7H,1-5H3;2-7H,11H2,1H3;1-4H,8H2;1H4. The monoisotopic (exact) mass is 568 g/mol. The molecular weight excluding hydrogens is 531 g/mol. The summed E-state index contributed by atoms with van der Waals surface area (Å²) in [5, 5.41) is 8.21. The van der Waals surface area contributed by atoms with Crippen molar-refractivity contribution in [2.75, 3.05) is 11.5 Å². The topological polar surface area (TPSA) is 106 Å². The number of nitrogens with zero attached hydrogens (tertiary/aromatic N) is 4. The molecule has 0 saturated carbocycles. The minimum Gasteiger partial charge on any atom is -0.399 e. The second kappa shape index (κ2) is 12.4. The van der Waals surface area contributed by atoms with Crippen LogP contribution in [0.4, 0.5) is 11.4 Å². The third-order valence-corrected chi connectivity index (χ3v) is 6.52. The minimum atomic E-state index is -0.302. The van der Waals surface area contributed by atoms with Crippen LogP contribution in [-0.4, -0.2) is 37.9 Å². The van der Waals surface area contributed by atoms with Gasteiger partial charge in [-0.15, -0.1) is 0 Å². The number of nitrogens with two attached hydrogens (primary N) is 2. The fraction of sp³-hybridized carbons (Fsp3) is 0.333. The van der Waals surface area contributed by atoms with Crippen molar-refractivity contribution in [3.8, 4) is 11.1 Å². The van der Waals surface area contributed by atoms with Crippen molar-refractivity contribution in [1.29, 1.82) is 0 Å². The van der Waals surface area contributed by atoms with Gasteiger partial charge in [-0.3, -0.25) is 9.36 Å². The molecule has 1 saturated heterocycles. The van der Waals surface area contributed by atoms with Gasteiger partial charge in [0, 0.05) is 59.6 Å². The Morgan fingerprint density at radius 3 is 1.76 bits per heavy atom. The van der Waals surface area contributed by atoms with Gasteiger partial charge < -0.3 is 20.8 Å². The number of aromatic nitrogens is 4. The van der Waals surface area contributed by atoms with Crippen LogP contribution >= 0.6 is 15.9 Å². The average Bonchev–Trinajstić information content (AvgIpc) is 3.47. The number of benzene rings is 2. The zero-order valence-electron chi connectivity index (χ0n) is 21.6. The SMILES string of the molecule is C.Cn1cc(-c2cccc(N)c2)cn1.Cn1cc(B2OC(C)(C)C(C)(C)O2)cn1.Nc1cccc(Br)c1. The molecule has 2 aromatic heterocycles. The van der Waals surface area contributed by atoms with Gasteiger partial charge in [-0.25, -0.2) is 0 Å². The van der Waals surface area contributed by atoms with Crippen molar-refractivity contribution < 1.29 is 9.31 Å². The van der Waals surface area contributed by atoms with Crippen molar-refractivity contribution in [3.63, 3.8) is 0 Å². The lowest BCUT2D eigenvalue weighted by atomic mass is 9.82. The normalized spacial score (nSPS) is 15.1. The largest absolute Gasteiger partial charge is 0.498 e. The third kappa shape index (κ3) is 8.21. The summed E-state index contributed by atoms with van der Waals surface area (Å²) < 4.78 is 16.3. The Bertz CT molecular complexity index is 1250. The van der Waals surface area contributed by atoms with Crippen molar-refractivity contribution in [2.45, 2.75) is 46.3 Å². The highest BCUT2D eigenvalue weighted by atomic mass is 79.9. The van der Waals surface area contributed by atoms with Gasteiger partial charge in [-0.05, 0) is 63.6 Å².